The Balaban J connectivity index is 1.79. The van der Waals surface area contributed by atoms with Crippen molar-refractivity contribution in [3.05, 3.63) is 54.2 Å². The van der Waals surface area contributed by atoms with Crippen LogP contribution < -0.4 is 10.3 Å². The van der Waals surface area contributed by atoms with Gasteiger partial charge >= 0.3 is 0 Å². The van der Waals surface area contributed by atoms with Crippen molar-refractivity contribution in [1.29, 1.82) is 0 Å². The molecule has 4 heteroatoms. The number of nitrogens with one attached hydrogen (secondary N) is 1. The highest BCUT2D eigenvalue weighted by Crippen LogP contribution is 2.50. The van der Waals surface area contributed by atoms with Gasteiger partial charge in [0.2, 0.25) is 0 Å². The van der Waals surface area contributed by atoms with Crippen LogP contribution in [0.2, 0.25) is 0 Å². The van der Waals surface area contributed by atoms with Crippen LogP contribution in [0, 0.1) is 6.92 Å². The monoisotopic (exact) mass is 351 g/mol. The lowest BCUT2D eigenvalue weighted by Gasteiger charge is -2.42. The number of hydrogen-bond acceptors (Lipinski definition) is 4. The summed E-state index contributed by atoms with van der Waals surface area (Å²) in [7, 11) is 0. The summed E-state index contributed by atoms with van der Waals surface area (Å²) < 4.78 is 0. The first kappa shape index (κ1) is 16.6. The van der Waals surface area contributed by atoms with E-state index in [2.05, 4.69) is 65.2 Å². The van der Waals surface area contributed by atoms with Gasteiger partial charge in [-0.1, -0.05) is 30.8 Å². The van der Waals surface area contributed by atoms with E-state index in [9.17, 15) is 0 Å². The first-order chi connectivity index (χ1) is 12.1. The van der Waals surface area contributed by atoms with Gasteiger partial charge in [-0.2, -0.15) is 0 Å². The van der Waals surface area contributed by atoms with Crippen LogP contribution in [-0.2, 0) is 0 Å². The fourth-order valence-corrected chi connectivity index (χ4v) is 4.79. The fraction of sp³-hybridized carbons (Fsp3) is 0.333. The second kappa shape index (κ2) is 6.77. The quantitative estimate of drug-likeness (QED) is 0.737. The maximum absolute atomic E-state index is 3.96. The molecule has 0 atom stereocenters. The van der Waals surface area contributed by atoms with Gasteiger partial charge in [0.25, 0.3) is 0 Å². The molecule has 4 rings (SSSR count). The number of anilines is 3. The lowest BCUT2D eigenvalue weighted by Crippen LogP contribution is -2.43. The number of hydrogen-bond donors (Lipinski definition) is 1. The summed E-state index contributed by atoms with van der Waals surface area (Å²) in [4.78, 5) is 2.64. The van der Waals surface area contributed by atoms with Gasteiger partial charge in [0, 0.05) is 34.3 Å². The molecule has 2 aliphatic heterocycles. The van der Waals surface area contributed by atoms with E-state index in [1.807, 2.05) is 18.7 Å². The highest BCUT2D eigenvalue weighted by molar-refractivity contribution is 7.99. The average Bonchev–Trinajstić information content (AvgIpc) is 2.59. The average molecular weight is 352 g/mol. The summed E-state index contributed by atoms with van der Waals surface area (Å²) in [6.45, 7) is 10.4. The molecule has 0 saturated carbocycles. The Morgan fingerprint density at radius 1 is 1.00 bits per heavy atom. The Kier molecular flexibility index (Phi) is 4.48. The third kappa shape index (κ3) is 3.29. The van der Waals surface area contributed by atoms with Crippen molar-refractivity contribution in [3.8, 4) is 0 Å². The number of piperidine rings is 1. The third-order valence-electron chi connectivity index (χ3n) is 4.72. The summed E-state index contributed by atoms with van der Waals surface area (Å²) in [5, 5.41) is 8.31. The molecule has 2 aliphatic rings. The van der Waals surface area contributed by atoms with Crippen LogP contribution in [0.3, 0.4) is 0 Å². The Bertz CT molecular complexity index is 809. The van der Waals surface area contributed by atoms with Crippen LogP contribution in [0.4, 0.5) is 17.1 Å². The molecule has 3 nitrogen and oxygen atoms in total. The minimum absolute atomic E-state index is 0.963. The molecule has 0 amide bonds. The number of rotatable bonds is 3. The van der Waals surface area contributed by atoms with Crippen LogP contribution in [0.25, 0.3) is 0 Å². The molecule has 0 unspecified atom stereocenters. The zero-order valence-electron chi connectivity index (χ0n) is 15.0. The second-order valence-electron chi connectivity index (χ2n) is 6.99. The SMILES string of the molecule is C=C(C)Nc1ccc2c(c1)Sc1cc(C)ccc1N2N1CCCCC1. The Morgan fingerprint density at radius 3 is 2.40 bits per heavy atom. The third-order valence-corrected chi connectivity index (χ3v) is 5.82. The summed E-state index contributed by atoms with van der Waals surface area (Å²) >= 11 is 1.87. The smallest absolute Gasteiger partial charge is 0.0721 e. The van der Waals surface area contributed by atoms with Crippen molar-refractivity contribution >= 4 is 28.8 Å². The molecule has 2 aromatic carbocycles. The summed E-state index contributed by atoms with van der Waals surface area (Å²) in [5.74, 6) is 0. The number of allylic oxidation sites excluding steroid dienone is 1. The lowest BCUT2D eigenvalue weighted by molar-refractivity contribution is 0.229. The van der Waals surface area contributed by atoms with Crippen LogP contribution in [0.15, 0.2) is 58.5 Å². The van der Waals surface area contributed by atoms with Crippen LogP contribution in [0.5, 0.6) is 0 Å². The van der Waals surface area contributed by atoms with Gasteiger partial charge in [0.15, 0.2) is 0 Å². The normalized spacial score (nSPS) is 17.0. The Hall–Kier alpha value is -1.91. The fourth-order valence-electron chi connectivity index (χ4n) is 3.60. The van der Waals surface area contributed by atoms with Gasteiger partial charge in [0.05, 0.1) is 11.4 Å². The van der Waals surface area contributed by atoms with Crippen molar-refractivity contribution < 1.29 is 0 Å². The first-order valence-electron chi connectivity index (χ1n) is 9.02. The molecule has 2 aromatic rings. The number of nitrogens with zero attached hydrogens (tertiary/aromatic N) is 2. The predicted octanol–water partition coefficient (Wildman–Crippen LogP) is 5.94. The van der Waals surface area contributed by atoms with E-state index in [0.29, 0.717) is 0 Å². The largest absolute Gasteiger partial charge is 0.360 e. The van der Waals surface area contributed by atoms with E-state index in [-0.39, 0.29) is 0 Å². The molecule has 0 spiro atoms. The Morgan fingerprint density at radius 2 is 1.68 bits per heavy atom. The maximum Gasteiger partial charge on any atom is 0.0721 e. The number of fused-ring (bicyclic) bond motifs is 2. The van der Waals surface area contributed by atoms with Crippen LogP contribution in [-0.4, -0.2) is 18.1 Å². The molecule has 130 valence electrons. The molecular formula is C21H25N3S. The summed E-state index contributed by atoms with van der Waals surface area (Å²) in [5.41, 5.74) is 5.98. The molecule has 2 heterocycles. The van der Waals surface area contributed by atoms with E-state index < -0.39 is 0 Å². The van der Waals surface area contributed by atoms with Gasteiger partial charge in [-0.05, 0) is 62.6 Å². The van der Waals surface area contributed by atoms with Gasteiger partial charge in [-0.25, -0.2) is 5.01 Å². The van der Waals surface area contributed by atoms with E-state index in [0.717, 1.165) is 24.5 Å². The zero-order chi connectivity index (χ0) is 17.4. The minimum atomic E-state index is 0.963. The van der Waals surface area contributed by atoms with Crippen molar-refractivity contribution in [2.45, 2.75) is 42.9 Å². The second-order valence-corrected chi connectivity index (χ2v) is 8.07. The van der Waals surface area contributed by atoms with E-state index >= 15 is 0 Å². The number of hydrazine groups is 1. The minimum Gasteiger partial charge on any atom is -0.360 e. The highest BCUT2D eigenvalue weighted by atomic mass is 32.2. The van der Waals surface area contributed by atoms with Crippen molar-refractivity contribution in [2.75, 3.05) is 23.4 Å². The molecule has 1 fully saturated rings. The molecule has 0 bridgehead atoms. The molecular weight excluding hydrogens is 326 g/mol. The van der Waals surface area contributed by atoms with Crippen molar-refractivity contribution in [1.82, 2.24) is 5.01 Å². The van der Waals surface area contributed by atoms with Gasteiger partial charge in [-0.3, -0.25) is 5.01 Å². The van der Waals surface area contributed by atoms with Crippen molar-refractivity contribution in [3.63, 3.8) is 0 Å². The molecule has 0 radical (unpaired) electrons. The number of benzene rings is 2. The maximum atomic E-state index is 3.96. The van der Waals surface area contributed by atoms with E-state index in [1.165, 1.54) is 46.0 Å². The van der Waals surface area contributed by atoms with Gasteiger partial charge < -0.3 is 5.32 Å². The lowest BCUT2D eigenvalue weighted by atomic mass is 10.1. The molecule has 1 saturated heterocycles. The Labute approximate surface area is 154 Å². The standard InChI is InChI=1S/C21H25N3S/c1-15(2)22-17-8-10-19-21(14-17)25-20-13-16(3)7-9-18(20)24(19)23-11-5-4-6-12-23/h7-10,13-14,22H,1,4-6,11-12H2,2-3H3. The molecule has 0 aliphatic carbocycles. The van der Waals surface area contributed by atoms with Gasteiger partial charge in [0.1, 0.15) is 0 Å². The molecule has 1 N–H and O–H groups in total. The predicted molar refractivity (Wildman–Crippen MR) is 108 cm³/mol. The highest BCUT2D eigenvalue weighted by Gasteiger charge is 2.29. The first-order valence-corrected chi connectivity index (χ1v) is 9.83. The zero-order valence-corrected chi connectivity index (χ0v) is 15.8. The molecule has 0 aromatic heterocycles. The summed E-state index contributed by atoms with van der Waals surface area (Å²) in [6.07, 6.45) is 3.89. The number of aryl methyl sites for hydroxylation is 1. The van der Waals surface area contributed by atoms with E-state index in [4.69, 9.17) is 0 Å². The van der Waals surface area contributed by atoms with Crippen LogP contribution in [0.1, 0.15) is 31.7 Å². The van der Waals surface area contributed by atoms with Crippen molar-refractivity contribution in [2.24, 2.45) is 0 Å². The van der Waals surface area contributed by atoms with Crippen LogP contribution >= 0.6 is 11.8 Å². The summed E-state index contributed by atoms with van der Waals surface area (Å²) in [6, 6.07) is 13.4. The van der Waals surface area contributed by atoms with E-state index in [1.54, 1.807) is 0 Å². The topological polar surface area (TPSA) is 18.5 Å². The molecule has 25 heavy (non-hydrogen) atoms. The van der Waals surface area contributed by atoms with Gasteiger partial charge in [-0.15, -0.1) is 0 Å².